The number of terminal acetylenes is 1. The molecule has 0 bridgehead atoms. The van der Waals surface area contributed by atoms with Gasteiger partial charge in [-0.25, -0.2) is 0 Å². The van der Waals surface area contributed by atoms with Gasteiger partial charge in [-0.15, -0.1) is 6.42 Å². The van der Waals surface area contributed by atoms with Crippen LogP contribution in [0, 0.1) is 12.3 Å². The van der Waals surface area contributed by atoms with Crippen LogP contribution in [0.1, 0.15) is 28.8 Å². The number of carbonyl (C=O) groups is 3. The first kappa shape index (κ1) is 24.0. The number of nitrogens with one attached hydrogen (secondary N) is 3. The van der Waals surface area contributed by atoms with Crippen LogP contribution in [0.2, 0.25) is 10.0 Å². The predicted octanol–water partition coefficient (Wildman–Crippen LogP) is 3.95. The Morgan fingerprint density at radius 3 is 2.35 bits per heavy atom. The second-order valence-corrected chi connectivity index (χ2v) is 7.38. The van der Waals surface area contributed by atoms with Crippen LogP contribution in [0.15, 0.2) is 54.6 Å². The van der Waals surface area contributed by atoms with Crippen LogP contribution < -0.4 is 16.0 Å². The molecule has 0 radical (unpaired) electrons. The fourth-order valence-electron chi connectivity index (χ4n) is 2.48. The van der Waals surface area contributed by atoms with Crippen molar-refractivity contribution in [1.29, 1.82) is 0 Å². The van der Waals surface area contributed by atoms with Crippen molar-refractivity contribution < 1.29 is 14.4 Å². The van der Waals surface area contributed by atoms with E-state index in [4.69, 9.17) is 29.6 Å². The van der Waals surface area contributed by atoms with Crippen LogP contribution in [0.25, 0.3) is 0 Å². The molecule has 2 aromatic carbocycles. The van der Waals surface area contributed by atoms with Crippen molar-refractivity contribution in [2.24, 2.45) is 0 Å². The first-order chi connectivity index (χ1) is 14.8. The number of anilines is 1. The molecule has 6 nitrogen and oxygen atoms in total. The van der Waals surface area contributed by atoms with Gasteiger partial charge < -0.3 is 16.0 Å². The average molecular weight is 458 g/mol. The van der Waals surface area contributed by atoms with Crippen molar-refractivity contribution in [3.8, 4) is 12.3 Å². The van der Waals surface area contributed by atoms with Gasteiger partial charge in [-0.05, 0) is 48.4 Å². The van der Waals surface area contributed by atoms with Gasteiger partial charge in [0, 0.05) is 39.8 Å². The van der Waals surface area contributed by atoms with Crippen molar-refractivity contribution >= 4 is 46.6 Å². The minimum atomic E-state index is -0.403. The molecular weight excluding hydrogens is 437 g/mol. The molecule has 0 aliphatic carbocycles. The quantitative estimate of drug-likeness (QED) is 0.393. The molecule has 2 aromatic rings. The van der Waals surface area contributed by atoms with E-state index in [0.29, 0.717) is 21.3 Å². The van der Waals surface area contributed by atoms with Gasteiger partial charge in [0.15, 0.2) is 0 Å². The van der Waals surface area contributed by atoms with Crippen LogP contribution in [-0.4, -0.2) is 24.3 Å². The van der Waals surface area contributed by atoms with Crippen LogP contribution in [-0.2, 0) is 16.1 Å². The van der Waals surface area contributed by atoms with Gasteiger partial charge in [-0.3, -0.25) is 14.4 Å². The van der Waals surface area contributed by atoms with Gasteiger partial charge in [0.25, 0.3) is 11.8 Å². The topological polar surface area (TPSA) is 87.3 Å². The first-order valence-electron chi connectivity index (χ1n) is 9.31. The molecule has 0 unspecified atom stereocenters. The molecule has 0 aliphatic heterocycles. The number of carbonyl (C=O) groups excluding carboxylic acids is 3. The molecule has 0 saturated heterocycles. The summed E-state index contributed by atoms with van der Waals surface area (Å²) in [5.41, 5.74) is 1.93. The summed E-state index contributed by atoms with van der Waals surface area (Å²) in [6, 6.07) is 11.4. The summed E-state index contributed by atoms with van der Waals surface area (Å²) in [5, 5.41) is 8.97. The molecule has 3 N–H and O–H groups in total. The van der Waals surface area contributed by atoms with Crippen LogP contribution in [0.3, 0.4) is 0 Å². The summed E-state index contributed by atoms with van der Waals surface area (Å²) >= 11 is 12.0. The lowest BCUT2D eigenvalue weighted by molar-refractivity contribution is -0.120. The zero-order chi connectivity index (χ0) is 22.8. The molecule has 160 valence electrons. The standard InChI is InChI=1S/C23H21Cl2N3O3/c1-3-12-26-21(29)11-4-15(2)22(30)28-19-9-6-16(7-10-19)23(31)27-14-17-5-8-18(24)13-20(17)25/h1,5-10,13H,2,4,11-12,14H2,(H,26,29)(H,27,31)(H,28,30). The molecular formula is C23H21Cl2N3O3. The summed E-state index contributed by atoms with van der Waals surface area (Å²) in [4.78, 5) is 36.1. The maximum Gasteiger partial charge on any atom is 0.251 e. The third-order valence-corrected chi connectivity index (χ3v) is 4.81. The Balaban J connectivity index is 1.84. The van der Waals surface area contributed by atoms with E-state index >= 15 is 0 Å². The molecule has 0 heterocycles. The highest BCUT2D eigenvalue weighted by Gasteiger charge is 2.11. The Kier molecular flexibility index (Phi) is 9.13. The van der Waals surface area contributed by atoms with Crippen molar-refractivity contribution in [3.05, 3.63) is 75.8 Å². The van der Waals surface area contributed by atoms with Gasteiger partial charge in [0.1, 0.15) is 0 Å². The molecule has 0 fully saturated rings. The SMILES string of the molecule is C#CCNC(=O)CCC(=C)C(=O)Nc1ccc(C(=O)NCc2ccc(Cl)cc2Cl)cc1. The van der Waals surface area contributed by atoms with E-state index in [1.165, 1.54) is 0 Å². The molecule has 0 spiro atoms. The highest BCUT2D eigenvalue weighted by atomic mass is 35.5. The number of hydrogen-bond donors (Lipinski definition) is 3. The summed E-state index contributed by atoms with van der Waals surface area (Å²) in [6.45, 7) is 4.09. The zero-order valence-electron chi connectivity index (χ0n) is 16.6. The second-order valence-electron chi connectivity index (χ2n) is 6.53. The van der Waals surface area contributed by atoms with Crippen LogP contribution in [0.4, 0.5) is 5.69 Å². The van der Waals surface area contributed by atoms with Gasteiger partial charge in [-0.2, -0.15) is 0 Å². The Labute approximate surface area is 191 Å². The normalized spacial score (nSPS) is 9.97. The van der Waals surface area contributed by atoms with Gasteiger partial charge in [-0.1, -0.05) is 41.8 Å². The maximum absolute atomic E-state index is 12.3. The van der Waals surface area contributed by atoms with Gasteiger partial charge in [0.05, 0.1) is 6.54 Å². The predicted molar refractivity (Wildman–Crippen MR) is 123 cm³/mol. The minimum Gasteiger partial charge on any atom is -0.348 e. The van der Waals surface area contributed by atoms with Crippen molar-refractivity contribution in [3.63, 3.8) is 0 Å². The van der Waals surface area contributed by atoms with Gasteiger partial charge in [0.2, 0.25) is 5.91 Å². The molecule has 0 atom stereocenters. The van der Waals surface area contributed by atoms with Crippen molar-refractivity contribution in [2.75, 3.05) is 11.9 Å². The number of halogens is 2. The van der Waals surface area contributed by atoms with E-state index < -0.39 is 5.91 Å². The molecule has 0 saturated carbocycles. The number of amides is 3. The molecule has 3 amide bonds. The lowest BCUT2D eigenvalue weighted by Gasteiger charge is -2.10. The highest BCUT2D eigenvalue weighted by Crippen LogP contribution is 2.21. The second kappa shape index (κ2) is 11.8. The Morgan fingerprint density at radius 2 is 1.71 bits per heavy atom. The molecule has 0 aliphatic rings. The average Bonchev–Trinajstić information content (AvgIpc) is 2.75. The fraction of sp³-hybridized carbons (Fsp3) is 0.174. The van der Waals surface area contributed by atoms with E-state index in [9.17, 15) is 14.4 Å². The molecule has 31 heavy (non-hydrogen) atoms. The molecule has 2 rings (SSSR count). The van der Waals surface area contributed by atoms with E-state index in [-0.39, 0.29) is 43.3 Å². The summed E-state index contributed by atoms with van der Waals surface area (Å²) < 4.78 is 0. The van der Waals surface area contributed by atoms with E-state index in [0.717, 1.165) is 5.56 Å². The lowest BCUT2D eigenvalue weighted by Crippen LogP contribution is -2.24. The smallest absolute Gasteiger partial charge is 0.251 e. The van der Waals surface area contributed by atoms with Crippen LogP contribution in [0.5, 0.6) is 0 Å². The van der Waals surface area contributed by atoms with E-state index in [2.05, 4.69) is 28.4 Å². The Hall–Kier alpha value is -3.27. The summed E-state index contributed by atoms with van der Waals surface area (Å²) in [5.74, 6) is 1.36. The van der Waals surface area contributed by atoms with E-state index in [1.54, 1.807) is 42.5 Å². The highest BCUT2D eigenvalue weighted by molar-refractivity contribution is 6.35. The van der Waals surface area contributed by atoms with E-state index in [1.807, 2.05) is 0 Å². The maximum atomic E-state index is 12.3. The Morgan fingerprint density at radius 1 is 1.00 bits per heavy atom. The number of rotatable bonds is 9. The zero-order valence-corrected chi connectivity index (χ0v) is 18.1. The monoisotopic (exact) mass is 457 g/mol. The van der Waals surface area contributed by atoms with Crippen LogP contribution >= 0.6 is 23.2 Å². The third kappa shape index (κ3) is 7.82. The fourth-order valence-corrected chi connectivity index (χ4v) is 2.96. The summed E-state index contributed by atoms with van der Waals surface area (Å²) in [6.07, 6.45) is 5.39. The Bertz CT molecular complexity index is 1030. The largest absolute Gasteiger partial charge is 0.348 e. The molecule has 0 aromatic heterocycles. The number of hydrogen-bond acceptors (Lipinski definition) is 3. The first-order valence-corrected chi connectivity index (χ1v) is 10.1. The third-order valence-electron chi connectivity index (χ3n) is 4.22. The summed E-state index contributed by atoms with van der Waals surface area (Å²) in [7, 11) is 0. The number of benzene rings is 2. The lowest BCUT2D eigenvalue weighted by atomic mass is 10.1. The van der Waals surface area contributed by atoms with Crippen molar-refractivity contribution in [1.82, 2.24) is 10.6 Å². The molecule has 8 heteroatoms. The van der Waals surface area contributed by atoms with Crippen molar-refractivity contribution in [2.45, 2.75) is 19.4 Å². The van der Waals surface area contributed by atoms with Gasteiger partial charge >= 0.3 is 0 Å². The minimum absolute atomic E-state index is 0.116.